The Morgan fingerprint density at radius 2 is 1.76 bits per heavy atom. The summed E-state index contributed by atoms with van der Waals surface area (Å²) in [5.41, 5.74) is 7.04. The molecule has 0 saturated carbocycles. The van der Waals surface area contributed by atoms with E-state index in [9.17, 15) is 8.78 Å². The van der Waals surface area contributed by atoms with E-state index in [2.05, 4.69) is 0 Å². The summed E-state index contributed by atoms with van der Waals surface area (Å²) in [6.45, 7) is 1.87. The second-order valence-corrected chi connectivity index (χ2v) is 3.72. The van der Waals surface area contributed by atoms with Crippen molar-refractivity contribution in [2.75, 3.05) is 5.73 Å². The number of hydrogen-bond acceptors (Lipinski definition) is 2. The van der Waals surface area contributed by atoms with Crippen molar-refractivity contribution < 1.29 is 13.5 Å². The quantitative estimate of drug-likeness (QED) is 0.806. The highest BCUT2D eigenvalue weighted by atomic mass is 19.1. The highest BCUT2D eigenvalue weighted by Gasteiger charge is 2.08. The fourth-order valence-corrected chi connectivity index (χ4v) is 1.41. The molecule has 2 aromatic carbocycles. The molecular weight excluding hydrogens is 224 g/mol. The van der Waals surface area contributed by atoms with Crippen LogP contribution in [0.15, 0.2) is 36.4 Å². The number of hydrogen-bond donors (Lipinski definition) is 1. The Hall–Kier alpha value is -2.10. The fourth-order valence-electron chi connectivity index (χ4n) is 1.41. The van der Waals surface area contributed by atoms with E-state index in [0.717, 1.165) is 17.7 Å². The normalized spacial score (nSPS) is 10.3. The van der Waals surface area contributed by atoms with Crippen LogP contribution in [0, 0.1) is 18.6 Å². The van der Waals surface area contributed by atoms with E-state index in [0.29, 0.717) is 11.4 Å². The predicted molar refractivity (Wildman–Crippen MR) is 62.0 cm³/mol. The molecule has 0 aliphatic rings. The summed E-state index contributed by atoms with van der Waals surface area (Å²) in [7, 11) is 0. The van der Waals surface area contributed by atoms with Gasteiger partial charge in [-0.2, -0.15) is 0 Å². The van der Waals surface area contributed by atoms with Gasteiger partial charge in [0.25, 0.3) is 0 Å². The van der Waals surface area contributed by atoms with Gasteiger partial charge < -0.3 is 10.5 Å². The van der Waals surface area contributed by atoms with E-state index in [4.69, 9.17) is 10.5 Å². The van der Waals surface area contributed by atoms with Gasteiger partial charge in [0.05, 0.1) is 5.69 Å². The summed E-state index contributed by atoms with van der Waals surface area (Å²) < 4.78 is 31.4. The third kappa shape index (κ3) is 2.53. The van der Waals surface area contributed by atoms with Crippen LogP contribution in [0.25, 0.3) is 0 Å². The SMILES string of the molecule is Cc1ccc(N)c(Oc2ccc(F)cc2F)c1. The van der Waals surface area contributed by atoms with Crippen LogP contribution in [0.3, 0.4) is 0 Å². The first-order valence-corrected chi connectivity index (χ1v) is 5.05. The van der Waals surface area contributed by atoms with Gasteiger partial charge in [0.15, 0.2) is 17.3 Å². The van der Waals surface area contributed by atoms with E-state index >= 15 is 0 Å². The van der Waals surface area contributed by atoms with Gasteiger partial charge in [-0.05, 0) is 36.8 Å². The molecule has 2 rings (SSSR count). The maximum Gasteiger partial charge on any atom is 0.168 e. The molecule has 4 heteroatoms. The number of aryl methyl sites for hydroxylation is 1. The molecule has 0 aliphatic heterocycles. The monoisotopic (exact) mass is 235 g/mol. The van der Waals surface area contributed by atoms with Crippen LogP contribution in [0.2, 0.25) is 0 Å². The zero-order valence-corrected chi connectivity index (χ0v) is 9.21. The van der Waals surface area contributed by atoms with Gasteiger partial charge in [0, 0.05) is 6.07 Å². The highest BCUT2D eigenvalue weighted by molar-refractivity contribution is 5.55. The highest BCUT2D eigenvalue weighted by Crippen LogP contribution is 2.30. The summed E-state index contributed by atoms with van der Waals surface area (Å²) >= 11 is 0. The minimum atomic E-state index is -0.758. The van der Waals surface area contributed by atoms with Crippen LogP contribution in [-0.2, 0) is 0 Å². The van der Waals surface area contributed by atoms with Crippen molar-refractivity contribution in [1.29, 1.82) is 0 Å². The molecule has 0 heterocycles. The van der Waals surface area contributed by atoms with Crippen molar-refractivity contribution in [2.24, 2.45) is 0 Å². The van der Waals surface area contributed by atoms with Gasteiger partial charge in [0.2, 0.25) is 0 Å². The third-order valence-electron chi connectivity index (χ3n) is 2.28. The molecule has 2 nitrogen and oxygen atoms in total. The molecule has 0 aromatic heterocycles. The molecule has 0 fully saturated rings. The second kappa shape index (κ2) is 4.41. The lowest BCUT2D eigenvalue weighted by Crippen LogP contribution is -1.94. The van der Waals surface area contributed by atoms with Gasteiger partial charge in [0.1, 0.15) is 5.82 Å². The van der Waals surface area contributed by atoms with Crippen LogP contribution in [0.5, 0.6) is 11.5 Å². The molecule has 88 valence electrons. The molecule has 0 saturated heterocycles. The molecule has 0 spiro atoms. The summed E-state index contributed by atoms with van der Waals surface area (Å²) in [6.07, 6.45) is 0. The van der Waals surface area contributed by atoms with E-state index in [1.165, 1.54) is 6.07 Å². The topological polar surface area (TPSA) is 35.2 Å². The van der Waals surface area contributed by atoms with Gasteiger partial charge >= 0.3 is 0 Å². The Bertz CT molecular complexity index is 555. The fraction of sp³-hybridized carbons (Fsp3) is 0.0769. The molecule has 0 unspecified atom stereocenters. The second-order valence-electron chi connectivity index (χ2n) is 3.72. The average molecular weight is 235 g/mol. The van der Waals surface area contributed by atoms with Crippen LogP contribution >= 0.6 is 0 Å². The van der Waals surface area contributed by atoms with Gasteiger partial charge in [-0.1, -0.05) is 6.07 Å². The summed E-state index contributed by atoms with van der Waals surface area (Å²) in [5, 5.41) is 0. The Balaban J connectivity index is 2.34. The first-order valence-electron chi connectivity index (χ1n) is 5.05. The maximum absolute atomic E-state index is 13.4. The van der Waals surface area contributed by atoms with Gasteiger partial charge in [-0.15, -0.1) is 0 Å². The number of nitrogen functional groups attached to an aromatic ring is 1. The van der Waals surface area contributed by atoms with Crippen LogP contribution < -0.4 is 10.5 Å². The van der Waals surface area contributed by atoms with Crippen LogP contribution in [0.4, 0.5) is 14.5 Å². The zero-order valence-electron chi connectivity index (χ0n) is 9.21. The van der Waals surface area contributed by atoms with Crippen molar-refractivity contribution in [3.63, 3.8) is 0 Å². The largest absolute Gasteiger partial charge is 0.452 e. The van der Waals surface area contributed by atoms with Crippen LogP contribution in [-0.4, -0.2) is 0 Å². The Morgan fingerprint density at radius 1 is 1.00 bits per heavy atom. The summed E-state index contributed by atoms with van der Waals surface area (Å²) in [5.74, 6) is -1.10. The zero-order chi connectivity index (χ0) is 12.4. The lowest BCUT2D eigenvalue weighted by atomic mass is 10.2. The molecule has 0 radical (unpaired) electrons. The van der Waals surface area contributed by atoms with Crippen molar-refractivity contribution in [1.82, 2.24) is 0 Å². The molecule has 0 aliphatic carbocycles. The molecule has 17 heavy (non-hydrogen) atoms. The molecule has 0 atom stereocenters. The van der Waals surface area contributed by atoms with E-state index in [1.54, 1.807) is 12.1 Å². The minimum Gasteiger partial charge on any atom is -0.452 e. The lowest BCUT2D eigenvalue weighted by Gasteiger charge is -2.09. The maximum atomic E-state index is 13.4. The smallest absolute Gasteiger partial charge is 0.168 e. The number of nitrogens with two attached hydrogens (primary N) is 1. The number of benzene rings is 2. The Kier molecular flexibility index (Phi) is 2.95. The van der Waals surface area contributed by atoms with E-state index in [1.807, 2.05) is 13.0 Å². The van der Waals surface area contributed by atoms with Crippen molar-refractivity contribution in [2.45, 2.75) is 6.92 Å². The summed E-state index contributed by atoms with van der Waals surface area (Å²) in [4.78, 5) is 0. The van der Waals surface area contributed by atoms with Crippen LogP contribution in [0.1, 0.15) is 5.56 Å². The van der Waals surface area contributed by atoms with Crippen molar-refractivity contribution >= 4 is 5.69 Å². The number of halogens is 2. The Labute approximate surface area is 97.6 Å². The van der Waals surface area contributed by atoms with Crippen molar-refractivity contribution in [3.05, 3.63) is 53.6 Å². The van der Waals surface area contributed by atoms with Gasteiger partial charge in [-0.25, -0.2) is 8.78 Å². The summed E-state index contributed by atoms with van der Waals surface area (Å²) in [6, 6.07) is 8.31. The van der Waals surface area contributed by atoms with Gasteiger partial charge in [-0.3, -0.25) is 0 Å². The Morgan fingerprint density at radius 3 is 2.47 bits per heavy atom. The minimum absolute atomic E-state index is 0.0521. The first kappa shape index (κ1) is 11.4. The third-order valence-corrected chi connectivity index (χ3v) is 2.28. The van der Waals surface area contributed by atoms with E-state index in [-0.39, 0.29) is 5.75 Å². The molecule has 2 aromatic rings. The molecule has 0 amide bonds. The lowest BCUT2D eigenvalue weighted by molar-refractivity contribution is 0.439. The van der Waals surface area contributed by atoms with E-state index < -0.39 is 11.6 Å². The first-order chi connectivity index (χ1) is 8.06. The average Bonchev–Trinajstić information content (AvgIpc) is 2.27. The standard InChI is InChI=1S/C13H11F2NO/c1-8-2-4-11(16)13(6-8)17-12-5-3-9(14)7-10(12)15/h2-7H,16H2,1H3. The predicted octanol–water partition coefficient (Wildman–Crippen LogP) is 3.65. The molecule has 0 bridgehead atoms. The molecular formula is C13H11F2NO. The number of rotatable bonds is 2. The van der Waals surface area contributed by atoms with Crippen molar-refractivity contribution in [3.8, 4) is 11.5 Å². The molecule has 2 N–H and O–H groups in total. The number of anilines is 1. The number of ether oxygens (including phenoxy) is 1.